The number of carbonyl (C=O) groups excluding carboxylic acids is 1. The highest BCUT2D eigenvalue weighted by molar-refractivity contribution is 7.99. The number of sulfone groups is 1. The summed E-state index contributed by atoms with van der Waals surface area (Å²) in [6.45, 7) is 5.61. The fraction of sp³-hybridized carbons (Fsp3) is 0.824. The molecule has 1 fully saturated rings. The van der Waals surface area contributed by atoms with Gasteiger partial charge in [-0.2, -0.15) is 0 Å². The summed E-state index contributed by atoms with van der Waals surface area (Å²) >= 11 is 1.42. The van der Waals surface area contributed by atoms with E-state index < -0.39 is 9.84 Å². The van der Waals surface area contributed by atoms with E-state index >= 15 is 0 Å². The second-order valence-electron chi connectivity index (χ2n) is 7.65. The first-order valence-electron chi connectivity index (χ1n) is 9.40. The van der Waals surface area contributed by atoms with Crippen LogP contribution >= 0.6 is 11.8 Å². The van der Waals surface area contributed by atoms with Crippen LogP contribution < -0.4 is 0 Å². The summed E-state index contributed by atoms with van der Waals surface area (Å²) < 4.78 is 25.8. The lowest BCUT2D eigenvalue weighted by Crippen LogP contribution is -2.44. The minimum Gasteiger partial charge on any atom is -0.338 e. The SMILES string of the molecule is CC(C)CN(C(=O)CSc1nnc2n1CCCCC2)[C@@H]1CCS(=O)(=O)C1. The molecular weight excluding hydrogens is 372 g/mol. The highest BCUT2D eigenvalue weighted by atomic mass is 32.2. The van der Waals surface area contributed by atoms with Crippen molar-refractivity contribution in [1.29, 1.82) is 0 Å². The van der Waals surface area contributed by atoms with Crippen molar-refractivity contribution in [3.63, 3.8) is 0 Å². The Labute approximate surface area is 159 Å². The molecule has 9 heteroatoms. The van der Waals surface area contributed by atoms with Gasteiger partial charge < -0.3 is 9.47 Å². The van der Waals surface area contributed by atoms with Crippen LogP contribution in [-0.2, 0) is 27.6 Å². The molecule has 0 N–H and O–H groups in total. The molecule has 3 rings (SSSR count). The van der Waals surface area contributed by atoms with Gasteiger partial charge in [0.05, 0.1) is 17.3 Å². The summed E-state index contributed by atoms with van der Waals surface area (Å²) in [4.78, 5) is 14.6. The molecule has 3 heterocycles. The quantitative estimate of drug-likeness (QED) is 0.677. The van der Waals surface area contributed by atoms with Crippen LogP contribution in [0.25, 0.3) is 0 Å². The number of rotatable bonds is 6. The van der Waals surface area contributed by atoms with Crippen molar-refractivity contribution in [2.45, 2.75) is 63.7 Å². The molecule has 1 aromatic rings. The maximum atomic E-state index is 12.9. The van der Waals surface area contributed by atoms with Crippen LogP contribution in [0.5, 0.6) is 0 Å². The average molecular weight is 401 g/mol. The minimum atomic E-state index is -3.01. The summed E-state index contributed by atoms with van der Waals surface area (Å²) in [7, 11) is -3.01. The lowest BCUT2D eigenvalue weighted by atomic mass is 10.1. The Morgan fingerprint density at radius 1 is 1.31 bits per heavy atom. The highest BCUT2D eigenvalue weighted by Gasteiger charge is 2.35. The van der Waals surface area contributed by atoms with Gasteiger partial charge >= 0.3 is 0 Å². The Hall–Kier alpha value is -1.09. The molecule has 1 amide bonds. The lowest BCUT2D eigenvalue weighted by molar-refractivity contribution is -0.130. The summed E-state index contributed by atoms with van der Waals surface area (Å²) in [6.07, 6.45) is 4.95. The number of hydrogen-bond donors (Lipinski definition) is 0. The molecule has 7 nitrogen and oxygen atoms in total. The Morgan fingerprint density at radius 3 is 2.81 bits per heavy atom. The van der Waals surface area contributed by atoms with Gasteiger partial charge in [0.2, 0.25) is 5.91 Å². The van der Waals surface area contributed by atoms with Crippen molar-refractivity contribution in [2.75, 3.05) is 23.8 Å². The zero-order valence-corrected chi connectivity index (χ0v) is 17.2. The van der Waals surface area contributed by atoms with Gasteiger partial charge in [-0.05, 0) is 25.2 Å². The van der Waals surface area contributed by atoms with Crippen molar-refractivity contribution in [2.24, 2.45) is 5.92 Å². The minimum absolute atomic E-state index is 0.00299. The van der Waals surface area contributed by atoms with Gasteiger partial charge in [-0.25, -0.2) is 8.42 Å². The first-order valence-corrected chi connectivity index (χ1v) is 12.2. The summed E-state index contributed by atoms with van der Waals surface area (Å²) in [5.41, 5.74) is 0. The highest BCUT2D eigenvalue weighted by Crippen LogP contribution is 2.24. The van der Waals surface area contributed by atoms with Crippen LogP contribution in [0, 0.1) is 5.92 Å². The largest absolute Gasteiger partial charge is 0.338 e. The number of thioether (sulfide) groups is 1. The van der Waals surface area contributed by atoms with E-state index in [4.69, 9.17) is 0 Å². The summed E-state index contributed by atoms with van der Waals surface area (Å²) in [5.74, 6) is 1.87. The Kier molecular flexibility index (Phi) is 6.27. The lowest BCUT2D eigenvalue weighted by Gasteiger charge is -2.29. The predicted octanol–water partition coefficient (Wildman–Crippen LogP) is 1.77. The summed E-state index contributed by atoms with van der Waals surface area (Å²) in [5, 5.41) is 9.34. The molecule has 0 bridgehead atoms. The van der Waals surface area contributed by atoms with E-state index in [0.717, 1.165) is 36.8 Å². The number of aryl methyl sites for hydroxylation is 1. The third kappa shape index (κ3) is 4.79. The molecule has 0 unspecified atom stereocenters. The smallest absolute Gasteiger partial charge is 0.233 e. The third-order valence-corrected chi connectivity index (χ3v) is 7.63. The van der Waals surface area contributed by atoms with Gasteiger partial charge in [0.25, 0.3) is 0 Å². The average Bonchev–Trinajstić information content (AvgIpc) is 3.04. The van der Waals surface area contributed by atoms with E-state index in [1.165, 1.54) is 18.2 Å². The first-order chi connectivity index (χ1) is 12.4. The van der Waals surface area contributed by atoms with Gasteiger partial charge in [0.15, 0.2) is 15.0 Å². The monoisotopic (exact) mass is 400 g/mol. The number of fused-ring (bicyclic) bond motifs is 1. The zero-order valence-electron chi connectivity index (χ0n) is 15.6. The topological polar surface area (TPSA) is 85.2 Å². The van der Waals surface area contributed by atoms with Crippen LogP contribution in [-0.4, -0.2) is 63.8 Å². The first kappa shape index (κ1) is 19.7. The summed E-state index contributed by atoms with van der Waals surface area (Å²) in [6, 6.07) is -0.189. The van der Waals surface area contributed by atoms with Crippen LogP contribution in [0.4, 0.5) is 0 Å². The number of hydrogen-bond acceptors (Lipinski definition) is 6. The van der Waals surface area contributed by atoms with E-state index in [0.29, 0.717) is 18.9 Å². The van der Waals surface area contributed by atoms with E-state index in [2.05, 4.69) is 28.6 Å². The molecule has 1 atom stereocenters. The molecule has 146 valence electrons. The van der Waals surface area contributed by atoms with Gasteiger partial charge in [0, 0.05) is 25.6 Å². The number of amides is 1. The maximum Gasteiger partial charge on any atom is 0.233 e. The van der Waals surface area contributed by atoms with E-state index in [9.17, 15) is 13.2 Å². The maximum absolute atomic E-state index is 12.9. The second kappa shape index (κ2) is 8.29. The standard InChI is InChI=1S/C17H28N4O3S2/c1-13(2)10-21(14-7-9-26(23,24)12-14)16(22)11-25-17-19-18-15-6-4-3-5-8-20(15)17/h13-14H,3-12H2,1-2H3/t14-/m1/s1. The molecule has 1 aromatic heterocycles. The van der Waals surface area contributed by atoms with Crippen LogP contribution in [0.2, 0.25) is 0 Å². The molecule has 0 radical (unpaired) electrons. The van der Waals surface area contributed by atoms with E-state index in [1.54, 1.807) is 4.90 Å². The molecule has 0 saturated carbocycles. The Bertz CT molecular complexity index is 745. The molecule has 2 aliphatic rings. The molecule has 0 aromatic carbocycles. The predicted molar refractivity (Wildman–Crippen MR) is 102 cm³/mol. The molecule has 26 heavy (non-hydrogen) atoms. The van der Waals surface area contributed by atoms with Gasteiger partial charge in [-0.3, -0.25) is 4.79 Å². The van der Waals surface area contributed by atoms with Gasteiger partial charge in [0.1, 0.15) is 5.82 Å². The van der Waals surface area contributed by atoms with E-state index in [-0.39, 0.29) is 29.2 Å². The Morgan fingerprint density at radius 2 is 2.12 bits per heavy atom. The molecule has 0 aliphatic carbocycles. The van der Waals surface area contributed by atoms with Crippen molar-refractivity contribution < 1.29 is 13.2 Å². The van der Waals surface area contributed by atoms with Crippen molar-refractivity contribution in [3.05, 3.63) is 5.82 Å². The molecular formula is C17H28N4O3S2. The van der Waals surface area contributed by atoms with Gasteiger partial charge in [-0.15, -0.1) is 10.2 Å². The van der Waals surface area contributed by atoms with E-state index in [1.807, 2.05) is 0 Å². The molecule has 2 aliphatic heterocycles. The fourth-order valence-corrected chi connectivity index (χ4v) is 6.24. The van der Waals surface area contributed by atoms with Crippen LogP contribution in [0.15, 0.2) is 5.16 Å². The second-order valence-corrected chi connectivity index (χ2v) is 10.8. The van der Waals surface area contributed by atoms with Gasteiger partial charge in [-0.1, -0.05) is 32.0 Å². The normalized spacial score (nSPS) is 22.2. The number of nitrogens with zero attached hydrogens (tertiary/aromatic N) is 4. The number of aromatic nitrogens is 3. The van der Waals surface area contributed by atoms with Crippen LogP contribution in [0.3, 0.4) is 0 Å². The van der Waals surface area contributed by atoms with Crippen molar-refractivity contribution in [1.82, 2.24) is 19.7 Å². The molecule has 0 spiro atoms. The fourth-order valence-electron chi connectivity index (χ4n) is 3.64. The zero-order chi connectivity index (χ0) is 18.7. The number of carbonyl (C=O) groups is 1. The van der Waals surface area contributed by atoms with Crippen molar-refractivity contribution in [3.8, 4) is 0 Å². The van der Waals surface area contributed by atoms with Crippen molar-refractivity contribution >= 4 is 27.5 Å². The van der Waals surface area contributed by atoms with Crippen LogP contribution in [0.1, 0.15) is 45.4 Å². The third-order valence-electron chi connectivity index (χ3n) is 4.93. The Balaban J connectivity index is 1.65. The molecule has 1 saturated heterocycles.